The summed E-state index contributed by atoms with van der Waals surface area (Å²) >= 11 is 0. The van der Waals surface area contributed by atoms with Crippen molar-refractivity contribution in [2.75, 3.05) is 26.2 Å². The third-order valence-electron chi connectivity index (χ3n) is 5.60. The number of amides is 1. The molecule has 0 aliphatic carbocycles. The largest absolute Gasteiger partial charge is 0.372 e. The number of aliphatic hydroxyl groups is 1. The molecule has 0 unspecified atom stereocenters. The van der Waals surface area contributed by atoms with Crippen molar-refractivity contribution in [3.8, 4) is 0 Å². The van der Waals surface area contributed by atoms with E-state index in [2.05, 4.69) is 29.2 Å². The first-order valence-corrected chi connectivity index (χ1v) is 10.1. The minimum atomic E-state index is -1.68. The summed E-state index contributed by atoms with van der Waals surface area (Å²) in [5.74, 6) is -0.255. The maximum absolute atomic E-state index is 13.5. The molecule has 29 heavy (non-hydrogen) atoms. The molecule has 0 atom stereocenters. The molecule has 3 aromatic rings. The molecule has 0 spiro atoms. The average Bonchev–Trinajstić information content (AvgIpc) is 2.80. The molecule has 0 saturated carbocycles. The van der Waals surface area contributed by atoms with E-state index in [9.17, 15) is 9.90 Å². The maximum Gasteiger partial charge on any atom is 0.264 e. The summed E-state index contributed by atoms with van der Waals surface area (Å²) in [6, 6.07) is 28.8. The lowest BCUT2D eigenvalue weighted by Gasteiger charge is -2.39. The molecule has 1 N–H and O–H groups in total. The van der Waals surface area contributed by atoms with Gasteiger partial charge in [0.15, 0.2) is 5.60 Å². The number of piperazine rings is 1. The number of benzene rings is 3. The van der Waals surface area contributed by atoms with E-state index in [0.29, 0.717) is 24.2 Å². The fourth-order valence-electron chi connectivity index (χ4n) is 3.95. The van der Waals surface area contributed by atoms with E-state index in [4.69, 9.17) is 0 Å². The van der Waals surface area contributed by atoms with E-state index in [-0.39, 0.29) is 5.91 Å². The Bertz CT molecular complexity index is 881. The van der Waals surface area contributed by atoms with E-state index in [1.807, 2.05) is 66.7 Å². The standard InChI is InChI=1S/C25H26N2O2/c28-24(27-18-16-26(17-19-27)20-21-10-4-1-5-11-21)25(29,22-12-6-2-7-13-22)23-14-8-3-9-15-23/h1-15,29H,16-20H2. The van der Waals surface area contributed by atoms with Crippen molar-refractivity contribution in [1.29, 1.82) is 0 Å². The van der Waals surface area contributed by atoms with E-state index in [1.54, 1.807) is 4.90 Å². The Morgan fingerprint density at radius 1 is 0.724 bits per heavy atom. The zero-order valence-electron chi connectivity index (χ0n) is 16.4. The Hall–Kier alpha value is -2.95. The first-order chi connectivity index (χ1) is 14.2. The van der Waals surface area contributed by atoms with Gasteiger partial charge in [0.05, 0.1) is 0 Å². The molecule has 4 rings (SSSR count). The van der Waals surface area contributed by atoms with Crippen LogP contribution in [-0.2, 0) is 16.9 Å². The molecule has 0 bridgehead atoms. The van der Waals surface area contributed by atoms with Crippen LogP contribution in [0.25, 0.3) is 0 Å². The van der Waals surface area contributed by atoms with Crippen LogP contribution < -0.4 is 0 Å². The minimum absolute atomic E-state index is 0.255. The molecule has 1 aliphatic heterocycles. The van der Waals surface area contributed by atoms with Gasteiger partial charge in [0.1, 0.15) is 0 Å². The Morgan fingerprint density at radius 3 is 1.66 bits per heavy atom. The molecule has 1 aliphatic rings. The van der Waals surface area contributed by atoms with Crippen molar-refractivity contribution >= 4 is 5.91 Å². The van der Waals surface area contributed by atoms with Crippen molar-refractivity contribution in [3.05, 3.63) is 108 Å². The zero-order valence-corrected chi connectivity index (χ0v) is 16.4. The summed E-state index contributed by atoms with van der Waals surface area (Å²) in [6.07, 6.45) is 0. The van der Waals surface area contributed by atoms with Gasteiger partial charge in [-0.15, -0.1) is 0 Å². The van der Waals surface area contributed by atoms with Gasteiger partial charge in [0.25, 0.3) is 5.91 Å². The van der Waals surface area contributed by atoms with Crippen LogP contribution in [0.1, 0.15) is 16.7 Å². The Morgan fingerprint density at radius 2 is 1.17 bits per heavy atom. The summed E-state index contributed by atoms with van der Waals surface area (Å²) in [6.45, 7) is 3.67. The minimum Gasteiger partial charge on any atom is -0.372 e. The van der Waals surface area contributed by atoms with E-state index in [0.717, 1.165) is 19.6 Å². The number of nitrogens with zero attached hydrogens (tertiary/aromatic N) is 2. The monoisotopic (exact) mass is 386 g/mol. The highest BCUT2D eigenvalue weighted by atomic mass is 16.3. The molecule has 1 saturated heterocycles. The summed E-state index contributed by atoms with van der Waals surface area (Å²) < 4.78 is 0. The fourth-order valence-corrected chi connectivity index (χ4v) is 3.95. The van der Waals surface area contributed by atoms with Crippen LogP contribution in [0.2, 0.25) is 0 Å². The molecule has 1 fully saturated rings. The molecule has 148 valence electrons. The van der Waals surface area contributed by atoms with Gasteiger partial charge in [-0.1, -0.05) is 91.0 Å². The number of hydrogen-bond donors (Lipinski definition) is 1. The maximum atomic E-state index is 13.5. The molecule has 0 aromatic heterocycles. The molecule has 1 heterocycles. The summed E-state index contributed by atoms with van der Waals surface area (Å²) in [5, 5.41) is 11.7. The van der Waals surface area contributed by atoms with Crippen LogP contribution in [0.4, 0.5) is 0 Å². The quantitative estimate of drug-likeness (QED) is 0.732. The summed E-state index contributed by atoms with van der Waals surface area (Å²) in [7, 11) is 0. The van der Waals surface area contributed by atoms with Crippen molar-refractivity contribution in [3.63, 3.8) is 0 Å². The van der Waals surface area contributed by atoms with Gasteiger partial charge in [-0.25, -0.2) is 0 Å². The van der Waals surface area contributed by atoms with Crippen molar-refractivity contribution in [2.45, 2.75) is 12.1 Å². The van der Waals surface area contributed by atoms with E-state index < -0.39 is 5.60 Å². The normalized spacial score (nSPS) is 15.3. The lowest BCUT2D eigenvalue weighted by atomic mass is 9.85. The third-order valence-corrected chi connectivity index (χ3v) is 5.60. The summed E-state index contributed by atoms with van der Waals surface area (Å²) in [4.78, 5) is 17.7. The van der Waals surface area contributed by atoms with Gasteiger partial charge in [-0.3, -0.25) is 9.69 Å². The lowest BCUT2D eigenvalue weighted by Crippen LogP contribution is -2.54. The highest BCUT2D eigenvalue weighted by Gasteiger charge is 2.43. The van der Waals surface area contributed by atoms with Crippen LogP contribution in [0.5, 0.6) is 0 Å². The zero-order chi connectivity index (χ0) is 20.1. The first-order valence-electron chi connectivity index (χ1n) is 10.1. The predicted molar refractivity (Wildman–Crippen MR) is 114 cm³/mol. The molecular formula is C25H26N2O2. The smallest absolute Gasteiger partial charge is 0.264 e. The molecular weight excluding hydrogens is 360 g/mol. The molecule has 4 nitrogen and oxygen atoms in total. The van der Waals surface area contributed by atoms with Gasteiger partial charge < -0.3 is 10.0 Å². The second-order valence-electron chi connectivity index (χ2n) is 7.50. The van der Waals surface area contributed by atoms with Crippen LogP contribution >= 0.6 is 0 Å². The van der Waals surface area contributed by atoms with E-state index >= 15 is 0 Å². The SMILES string of the molecule is O=C(N1CCN(Cc2ccccc2)CC1)C(O)(c1ccccc1)c1ccccc1. The Kier molecular flexibility index (Phi) is 5.74. The van der Waals surface area contributed by atoms with Gasteiger partial charge in [-0.05, 0) is 16.7 Å². The van der Waals surface area contributed by atoms with Gasteiger partial charge in [-0.2, -0.15) is 0 Å². The average molecular weight is 386 g/mol. The Labute approximate surface area is 172 Å². The second kappa shape index (κ2) is 8.60. The van der Waals surface area contributed by atoms with Gasteiger partial charge in [0.2, 0.25) is 0 Å². The number of hydrogen-bond acceptors (Lipinski definition) is 3. The highest BCUT2D eigenvalue weighted by Crippen LogP contribution is 2.32. The van der Waals surface area contributed by atoms with Crippen LogP contribution in [0.3, 0.4) is 0 Å². The molecule has 0 radical (unpaired) electrons. The Balaban J connectivity index is 1.52. The van der Waals surface area contributed by atoms with Crippen molar-refractivity contribution in [1.82, 2.24) is 9.80 Å². The topological polar surface area (TPSA) is 43.8 Å². The number of carbonyl (C=O) groups is 1. The predicted octanol–water partition coefficient (Wildman–Crippen LogP) is 3.27. The van der Waals surface area contributed by atoms with Crippen LogP contribution in [0, 0.1) is 0 Å². The first kappa shape index (κ1) is 19.4. The second-order valence-corrected chi connectivity index (χ2v) is 7.50. The molecule has 3 aromatic carbocycles. The van der Waals surface area contributed by atoms with E-state index in [1.165, 1.54) is 5.56 Å². The fraction of sp³-hybridized carbons (Fsp3) is 0.240. The van der Waals surface area contributed by atoms with Crippen LogP contribution in [-0.4, -0.2) is 47.0 Å². The van der Waals surface area contributed by atoms with Gasteiger partial charge in [0, 0.05) is 32.7 Å². The van der Waals surface area contributed by atoms with Crippen molar-refractivity contribution < 1.29 is 9.90 Å². The molecule has 4 heteroatoms. The van der Waals surface area contributed by atoms with Crippen molar-refractivity contribution in [2.24, 2.45) is 0 Å². The highest BCUT2D eigenvalue weighted by molar-refractivity contribution is 5.90. The van der Waals surface area contributed by atoms with Gasteiger partial charge >= 0.3 is 0 Å². The number of carbonyl (C=O) groups excluding carboxylic acids is 1. The number of rotatable bonds is 5. The third kappa shape index (κ3) is 4.09. The lowest BCUT2D eigenvalue weighted by molar-refractivity contribution is -0.150. The van der Waals surface area contributed by atoms with Crippen LogP contribution in [0.15, 0.2) is 91.0 Å². The summed E-state index contributed by atoms with van der Waals surface area (Å²) in [5.41, 5.74) is 0.799. The molecule has 1 amide bonds.